The molecule has 0 aromatic rings. The van der Waals surface area contributed by atoms with Gasteiger partial charge in [-0.25, -0.2) is 0 Å². The van der Waals surface area contributed by atoms with Crippen LogP contribution in [-0.2, 0) is 24.3 Å². The molecule has 3 unspecified atom stereocenters. The number of hydrogen-bond acceptors (Lipinski definition) is 7. The second-order valence-corrected chi connectivity index (χ2v) is 14.6. The van der Waals surface area contributed by atoms with Crippen molar-refractivity contribution in [1.29, 1.82) is 0 Å². The van der Waals surface area contributed by atoms with E-state index in [4.69, 9.17) is 0 Å². The molecule has 5 fully saturated rings. The third kappa shape index (κ3) is 13.1. The molecule has 6 rings (SSSR count). The van der Waals surface area contributed by atoms with Gasteiger partial charge in [0.05, 0.1) is 5.91 Å². The van der Waals surface area contributed by atoms with Gasteiger partial charge in [0.1, 0.15) is 0 Å². The number of carbonyl (C=O) groups is 1. The van der Waals surface area contributed by atoms with Gasteiger partial charge in [0, 0.05) is 18.1 Å². The van der Waals surface area contributed by atoms with Crippen molar-refractivity contribution in [3.63, 3.8) is 0 Å². The molecule has 6 aliphatic rings. The molecule has 0 spiro atoms. The van der Waals surface area contributed by atoms with Crippen LogP contribution in [0.15, 0.2) is 38.9 Å². The zero-order valence-corrected chi connectivity index (χ0v) is 30.9. The van der Waals surface area contributed by atoms with Crippen LogP contribution in [0.1, 0.15) is 148 Å². The molecule has 0 radical (unpaired) electrons. The summed E-state index contributed by atoms with van der Waals surface area (Å²) in [7, 11) is 0. The summed E-state index contributed by atoms with van der Waals surface area (Å²) in [5, 5.41) is 50.3. The molecule has 0 N–H and O–H groups in total. The first-order valence-corrected chi connectivity index (χ1v) is 19.2. The molecule has 0 bridgehead atoms. The topological polar surface area (TPSA) is 166 Å². The zero-order chi connectivity index (χ0) is 33.6. The Balaban J connectivity index is 0.000000216. The first-order chi connectivity index (χ1) is 23.4. The van der Waals surface area contributed by atoms with Crippen LogP contribution in [0.3, 0.4) is 0 Å². The number of carbonyl (C=O) groups excluding carboxylic acids is 1. The standard InChI is InChI=1S/C19H32N3O2.C19H28N3O2.Ru/c2*23-18(20-14-8-3-1-4-9-14)16-12-7-13-17(22-16)19(24)21-15-10-5-2-6-11-15;/h14-17H,1-13H2,(H,20,23)(H,21,24);7,12-16H,1-6,8-11H2,(H2,20,21,23,24);/q2*-1;+4/p-4. The number of nitrogens with zero attached hydrogens (tertiary/aromatic N) is 6. The van der Waals surface area contributed by atoms with Gasteiger partial charge in [-0.3, -0.25) is 0 Å². The Labute approximate surface area is 307 Å². The van der Waals surface area contributed by atoms with Crippen molar-refractivity contribution in [3.8, 4) is 0 Å². The van der Waals surface area contributed by atoms with E-state index in [2.05, 4.69) is 30.9 Å². The molecule has 1 amide bonds. The van der Waals surface area contributed by atoms with Gasteiger partial charge in [0.15, 0.2) is 0 Å². The van der Waals surface area contributed by atoms with Crippen molar-refractivity contribution >= 4 is 23.6 Å². The van der Waals surface area contributed by atoms with Crippen LogP contribution in [-0.4, -0.2) is 65.9 Å². The average Bonchev–Trinajstić information content (AvgIpc) is 3.13. The molecule has 49 heavy (non-hydrogen) atoms. The van der Waals surface area contributed by atoms with Crippen LogP contribution in [0.25, 0.3) is 16.0 Å². The summed E-state index contributed by atoms with van der Waals surface area (Å²) in [6.45, 7) is 0. The van der Waals surface area contributed by atoms with Gasteiger partial charge in [-0.05, 0) is 38.5 Å². The fourth-order valence-corrected chi connectivity index (χ4v) is 7.86. The maximum Gasteiger partial charge on any atom is 4.00 e. The SMILES string of the molecule is O=C([N-]C1CCCCC1)C1=CC=CC(C([O-])=NC2CCCCC2)[N-]1.[O-]C(=NC1CCCCC1)C1CCCC(C([O-])=NC2CCCCC2)[N-]1.[Ru+4]. The fourth-order valence-electron chi connectivity index (χ4n) is 7.86. The van der Waals surface area contributed by atoms with Gasteiger partial charge in [-0.1, -0.05) is 151 Å². The zero-order valence-electron chi connectivity index (χ0n) is 29.2. The third-order valence-corrected chi connectivity index (χ3v) is 10.7. The van der Waals surface area contributed by atoms with E-state index in [0.29, 0.717) is 5.70 Å². The predicted octanol–water partition coefficient (Wildman–Crippen LogP) is 5.97. The molecule has 2 aliphatic heterocycles. The second kappa shape index (κ2) is 21.2. The molecule has 4 saturated carbocycles. The van der Waals surface area contributed by atoms with Crippen LogP contribution < -0.4 is 15.3 Å². The van der Waals surface area contributed by atoms with Gasteiger partial charge in [0.2, 0.25) is 0 Å². The molecular formula is C38H56N6O4Ru-2. The third-order valence-electron chi connectivity index (χ3n) is 10.7. The van der Waals surface area contributed by atoms with Crippen LogP contribution in [0.5, 0.6) is 0 Å². The number of allylic oxidation sites excluding steroid dienone is 2. The van der Waals surface area contributed by atoms with Gasteiger partial charge < -0.3 is 51.0 Å². The monoisotopic (exact) mass is 762 g/mol. The van der Waals surface area contributed by atoms with Crippen molar-refractivity contribution in [2.24, 2.45) is 15.0 Å². The van der Waals surface area contributed by atoms with E-state index < -0.39 is 18.1 Å². The van der Waals surface area contributed by atoms with Crippen molar-refractivity contribution in [2.75, 3.05) is 0 Å². The van der Waals surface area contributed by atoms with Crippen LogP contribution in [0, 0.1) is 0 Å². The molecular weight excluding hydrogens is 706 g/mol. The molecule has 2 heterocycles. The van der Waals surface area contributed by atoms with Crippen molar-refractivity contribution in [1.82, 2.24) is 0 Å². The molecule has 10 nitrogen and oxygen atoms in total. The summed E-state index contributed by atoms with van der Waals surface area (Å²) >= 11 is 0. The van der Waals surface area contributed by atoms with E-state index in [1.807, 2.05) is 0 Å². The molecule has 272 valence electrons. The Hall–Kier alpha value is -2.26. The molecule has 3 atom stereocenters. The quantitative estimate of drug-likeness (QED) is 0.169. The Morgan fingerprint density at radius 1 is 0.592 bits per heavy atom. The predicted molar refractivity (Wildman–Crippen MR) is 187 cm³/mol. The summed E-state index contributed by atoms with van der Waals surface area (Å²) in [4.78, 5) is 25.4. The number of piperidine rings is 1. The Kier molecular flexibility index (Phi) is 17.1. The van der Waals surface area contributed by atoms with Gasteiger partial charge in [-0.2, -0.15) is 0 Å². The number of hydrogen-bond donors (Lipinski definition) is 0. The summed E-state index contributed by atoms with van der Waals surface area (Å²) in [5.41, 5.74) is 0.292. The van der Waals surface area contributed by atoms with E-state index in [1.54, 1.807) is 18.2 Å². The largest absolute Gasteiger partial charge is 4.00 e. The Bertz CT molecular complexity index is 1120. The van der Waals surface area contributed by atoms with Crippen LogP contribution in [0.2, 0.25) is 0 Å². The van der Waals surface area contributed by atoms with Crippen molar-refractivity contribution < 1.29 is 39.6 Å². The minimum atomic E-state index is -0.655. The molecule has 0 aromatic carbocycles. The van der Waals surface area contributed by atoms with E-state index in [1.165, 1.54) is 51.4 Å². The Morgan fingerprint density at radius 3 is 1.49 bits per heavy atom. The molecule has 1 saturated heterocycles. The minimum absolute atomic E-state index is 0. The maximum absolute atomic E-state index is 12.4. The van der Waals surface area contributed by atoms with E-state index in [0.717, 1.165) is 96.3 Å². The van der Waals surface area contributed by atoms with Gasteiger partial charge in [0.25, 0.3) is 0 Å². The van der Waals surface area contributed by atoms with E-state index in [9.17, 15) is 20.1 Å². The second-order valence-electron chi connectivity index (χ2n) is 14.6. The van der Waals surface area contributed by atoms with Crippen molar-refractivity contribution in [3.05, 3.63) is 39.9 Å². The van der Waals surface area contributed by atoms with Gasteiger partial charge in [-0.15, -0.1) is 23.8 Å². The number of aliphatic imine (C=N–C) groups is 3. The molecule has 4 aliphatic carbocycles. The van der Waals surface area contributed by atoms with E-state index >= 15 is 0 Å². The van der Waals surface area contributed by atoms with Crippen LogP contribution >= 0.6 is 0 Å². The summed E-state index contributed by atoms with van der Waals surface area (Å²) < 4.78 is 0. The fraction of sp³-hybridized carbons (Fsp3) is 0.789. The summed E-state index contributed by atoms with van der Waals surface area (Å²) in [6.07, 6.45) is 29.7. The summed E-state index contributed by atoms with van der Waals surface area (Å²) in [5.74, 6) is -0.718. The average molecular weight is 762 g/mol. The Morgan fingerprint density at radius 2 is 1.02 bits per heavy atom. The summed E-state index contributed by atoms with van der Waals surface area (Å²) in [6, 6.07) is -0.847. The van der Waals surface area contributed by atoms with Gasteiger partial charge >= 0.3 is 19.5 Å². The molecule has 11 heteroatoms. The normalized spacial score (nSPS) is 28.7. The van der Waals surface area contributed by atoms with Crippen molar-refractivity contribution in [2.45, 2.75) is 190 Å². The minimum Gasteiger partial charge on any atom is -0.863 e. The first kappa shape index (κ1) is 39.5. The molecule has 0 aromatic heterocycles. The maximum atomic E-state index is 12.4. The smallest absolute Gasteiger partial charge is 0.863 e. The number of rotatable bonds is 8. The first-order valence-electron chi connectivity index (χ1n) is 19.2. The number of amides is 1. The van der Waals surface area contributed by atoms with Crippen LogP contribution in [0.4, 0.5) is 0 Å². The van der Waals surface area contributed by atoms with E-state index in [-0.39, 0.29) is 67.2 Å².